The molecule has 0 amide bonds. The molecular formula is C7H17NO2. The van der Waals surface area contributed by atoms with Crippen molar-refractivity contribution in [2.24, 2.45) is 0 Å². The standard InChI is InChI=1S/C7H17NO2/c1-3-8(4-5-9)7(2)6-10/h7,9-10H,3-6H2,1-2H3/t7-/m1/s1. The molecule has 0 saturated heterocycles. The summed E-state index contributed by atoms with van der Waals surface area (Å²) in [6.07, 6.45) is 0. The van der Waals surface area contributed by atoms with Gasteiger partial charge in [0.25, 0.3) is 0 Å². The lowest BCUT2D eigenvalue weighted by Gasteiger charge is -2.24. The van der Waals surface area contributed by atoms with Crippen molar-refractivity contribution in [1.82, 2.24) is 4.90 Å². The Morgan fingerprint density at radius 3 is 2.30 bits per heavy atom. The summed E-state index contributed by atoms with van der Waals surface area (Å²) < 4.78 is 0. The van der Waals surface area contributed by atoms with Crippen molar-refractivity contribution in [3.05, 3.63) is 0 Å². The summed E-state index contributed by atoms with van der Waals surface area (Å²) in [6.45, 7) is 5.81. The van der Waals surface area contributed by atoms with Gasteiger partial charge in [-0.25, -0.2) is 0 Å². The molecule has 0 saturated carbocycles. The minimum absolute atomic E-state index is 0.161. The second kappa shape index (κ2) is 5.65. The van der Waals surface area contributed by atoms with Crippen LogP contribution in [0.3, 0.4) is 0 Å². The first-order valence-electron chi connectivity index (χ1n) is 3.72. The van der Waals surface area contributed by atoms with Gasteiger partial charge >= 0.3 is 0 Å². The van der Waals surface area contributed by atoms with Crippen molar-refractivity contribution >= 4 is 0 Å². The Balaban J connectivity index is 3.56. The lowest BCUT2D eigenvalue weighted by Crippen LogP contribution is -2.37. The van der Waals surface area contributed by atoms with Gasteiger partial charge in [-0.05, 0) is 13.5 Å². The van der Waals surface area contributed by atoms with Gasteiger partial charge in [-0.3, -0.25) is 4.90 Å². The molecule has 3 heteroatoms. The Kier molecular flexibility index (Phi) is 5.58. The molecule has 1 atom stereocenters. The van der Waals surface area contributed by atoms with Crippen LogP contribution >= 0.6 is 0 Å². The number of hydrogen-bond donors (Lipinski definition) is 2. The van der Waals surface area contributed by atoms with Crippen molar-refractivity contribution in [2.45, 2.75) is 19.9 Å². The fourth-order valence-electron chi connectivity index (χ4n) is 0.934. The average molecular weight is 147 g/mol. The van der Waals surface area contributed by atoms with E-state index in [1.165, 1.54) is 0 Å². The fourth-order valence-corrected chi connectivity index (χ4v) is 0.934. The number of nitrogens with zero attached hydrogens (tertiary/aromatic N) is 1. The van der Waals surface area contributed by atoms with Gasteiger partial charge in [0.2, 0.25) is 0 Å². The minimum Gasteiger partial charge on any atom is -0.395 e. The number of aliphatic hydroxyl groups is 2. The maximum absolute atomic E-state index is 8.74. The van der Waals surface area contributed by atoms with Crippen LogP contribution < -0.4 is 0 Å². The smallest absolute Gasteiger partial charge is 0.0584 e. The van der Waals surface area contributed by atoms with Crippen LogP contribution in [0.5, 0.6) is 0 Å². The van der Waals surface area contributed by atoms with Crippen LogP contribution in [0.2, 0.25) is 0 Å². The van der Waals surface area contributed by atoms with Gasteiger partial charge in [0.05, 0.1) is 13.2 Å². The van der Waals surface area contributed by atoms with E-state index in [9.17, 15) is 0 Å². The van der Waals surface area contributed by atoms with E-state index in [2.05, 4.69) is 0 Å². The lowest BCUT2D eigenvalue weighted by atomic mass is 10.3. The molecule has 0 aromatic heterocycles. The number of likely N-dealkylation sites (N-methyl/N-ethyl adjacent to an activating group) is 1. The van der Waals surface area contributed by atoms with E-state index in [1.807, 2.05) is 18.7 Å². The molecule has 0 heterocycles. The third-order valence-corrected chi connectivity index (χ3v) is 1.68. The summed E-state index contributed by atoms with van der Waals surface area (Å²) >= 11 is 0. The van der Waals surface area contributed by atoms with Gasteiger partial charge in [0, 0.05) is 12.6 Å². The molecule has 0 aromatic rings. The van der Waals surface area contributed by atoms with Crippen molar-refractivity contribution in [3.63, 3.8) is 0 Å². The molecule has 62 valence electrons. The molecular weight excluding hydrogens is 130 g/mol. The first-order chi connectivity index (χ1) is 4.76. The Bertz CT molecular complexity index is 78.0. The van der Waals surface area contributed by atoms with E-state index >= 15 is 0 Å². The minimum atomic E-state index is 0.161. The number of rotatable bonds is 5. The normalized spacial score (nSPS) is 14.1. The second-order valence-electron chi connectivity index (χ2n) is 2.38. The Morgan fingerprint density at radius 2 is 2.00 bits per heavy atom. The summed E-state index contributed by atoms with van der Waals surface area (Å²) in [5.74, 6) is 0. The van der Waals surface area contributed by atoms with Crippen LogP contribution in [-0.4, -0.2) is 47.5 Å². The van der Waals surface area contributed by atoms with Gasteiger partial charge in [0.15, 0.2) is 0 Å². The van der Waals surface area contributed by atoms with Gasteiger partial charge < -0.3 is 10.2 Å². The molecule has 0 bridgehead atoms. The first kappa shape index (κ1) is 9.88. The van der Waals surface area contributed by atoms with E-state index in [0.29, 0.717) is 6.54 Å². The summed E-state index contributed by atoms with van der Waals surface area (Å²) in [6, 6.07) is 0.164. The zero-order valence-corrected chi connectivity index (χ0v) is 6.75. The van der Waals surface area contributed by atoms with Crippen LogP contribution in [0, 0.1) is 0 Å². The van der Waals surface area contributed by atoms with Crippen molar-refractivity contribution < 1.29 is 10.2 Å². The van der Waals surface area contributed by atoms with E-state index in [1.54, 1.807) is 0 Å². The van der Waals surface area contributed by atoms with E-state index in [0.717, 1.165) is 6.54 Å². The van der Waals surface area contributed by atoms with Crippen LogP contribution in [0.25, 0.3) is 0 Å². The Labute approximate surface area is 62.3 Å². The molecule has 0 aliphatic heterocycles. The van der Waals surface area contributed by atoms with Gasteiger partial charge in [-0.1, -0.05) is 6.92 Å². The van der Waals surface area contributed by atoms with E-state index in [4.69, 9.17) is 10.2 Å². The molecule has 0 radical (unpaired) electrons. The zero-order chi connectivity index (χ0) is 7.98. The quantitative estimate of drug-likeness (QED) is 0.560. The van der Waals surface area contributed by atoms with Crippen LogP contribution in [0.15, 0.2) is 0 Å². The second-order valence-corrected chi connectivity index (χ2v) is 2.38. The molecule has 3 nitrogen and oxygen atoms in total. The SMILES string of the molecule is CCN(CCO)[C@H](C)CO. The number of hydrogen-bond acceptors (Lipinski definition) is 3. The largest absolute Gasteiger partial charge is 0.395 e. The molecule has 10 heavy (non-hydrogen) atoms. The molecule has 0 unspecified atom stereocenters. The predicted octanol–water partition coefficient (Wildman–Crippen LogP) is -0.319. The summed E-state index contributed by atoms with van der Waals surface area (Å²) in [7, 11) is 0. The molecule has 0 aliphatic carbocycles. The molecule has 0 fully saturated rings. The predicted molar refractivity (Wildman–Crippen MR) is 40.9 cm³/mol. The van der Waals surface area contributed by atoms with Crippen LogP contribution in [0.1, 0.15) is 13.8 Å². The molecule has 0 rings (SSSR count). The summed E-state index contributed by atoms with van der Waals surface area (Å²) in [5.41, 5.74) is 0. The van der Waals surface area contributed by atoms with Crippen molar-refractivity contribution in [1.29, 1.82) is 0 Å². The molecule has 2 N–H and O–H groups in total. The highest BCUT2D eigenvalue weighted by Crippen LogP contribution is 1.95. The highest BCUT2D eigenvalue weighted by Gasteiger charge is 2.08. The summed E-state index contributed by atoms with van der Waals surface area (Å²) in [4.78, 5) is 2.03. The van der Waals surface area contributed by atoms with Crippen LogP contribution in [0.4, 0.5) is 0 Å². The average Bonchev–Trinajstić information content (AvgIpc) is 1.99. The topological polar surface area (TPSA) is 43.7 Å². The lowest BCUT2D eigenvalue weighted by molar-refractivity contribution is 0.116. The maximum Gasteiger partial charge on any atom is 0.0584 e. The highest BCUT2D eigenvalue weighted by molar-refractivity contribution is 4.62. The monoisotopic (exact) mass is 147 g/mol. The van der Waals surface area contributed by atoms with Crippen molar-refractivity contribution in [3.8, 4) is 0 Å². The maximum atomic E-state index is 8.74. The molecule has 0 aromatic carbocycles. The molecule has 0 aliphatic rings. The van der Waals surface area contributed by atoms with E-state index < -0.39 is 0 Å². The highest BCUT2D eigenvalue weighted by atomic mass is 16.3. The third-order valence-electron chi connectivity index (χ3n) is 1.68. The van der Waals surface area contributed by atoms with Gasteiger partial charge in [0.1, 0.15) is 0 Å². The van der Waals surface area contributed by atoms with Crippen LogP contribution in [-0.2, 0) is 0 Å². The van der Waals surface area contributed by atoms with Gasteiger partial charge in [-0.2, -0.15) is 0 Å². The zero-order valence-electron chi connectivity index (χ0n) is 6.75. The van der Waals surface area contributed by atoms with E-state index in [-0.39, 0.29) is 19.3 Å². The molecule has 0 spiro atoms. The van der Waals surface area contributed by atoms with Crippen molar-refractivity contribution in [2.75, 3.05) is 26.3 Å². The Hall–Kier alpha value is -0.120. The number of aliphatic hydroxyl groups excluding tert-OH is 2. The van der Waals surface area contributed by atoms with Gasteiger partial charge in [-0.15, -0.1) is 0 Å². The summed E-state index contributed by atoms with van der Waals surface area (Å²) in [5, 5.41) is 17.3. The third kappa shape index (κ3) is 3.15. The first-order valence-corrected chi connectivity index (χ1v) is 3.72. The fraction of sp³-hybridized carbons (Fsp3) is 1.00. The Morgan fingerprint density at radius 1 is 1.40 bits per heavy atom.